The number of thioether (sulfide) groups is 1. The highest BCUT2D eigenvalue weighted by molar-refractivity contribution is 8.15. The minimum Gasteiger partial charge on any atom is -0.460 e. The molecule has 0 bridgehead atoms. The molecule has 138 valence electrons. The number of aliphatic imine (C=N–C) groups is 1. The Labute approximate surface area is 157 Å². The average Bonchev–Trinajstić information content (AvgIpc) is 2.96. The van der Waals surface area contributed by atoms with Crippen LogP contribution in [0, 0.1) is 0 Å². The number of amidine groups is 1. The second-order valence-electron chi connectivity index (χ2n) is 6.06. The summed E-state index contributed by atoms with van der Waals surface area (Å²) in [5.74, 6) is -0.478. The Hall–Kier alpha value is -2.12. The molecule has 1 saturated heterocycles. The summed E-state index contributed by atoms with van der Waals surface area (Å²) in [6.45, 7) is 4.24. The van der Waals surface area contributed by atoms with Crippen LogP contribution < -0.4 is 0 Å². The van der Waals surface area contributed by atoms with Crippen molar-refractivity contribution in [3.05, 3.63) is 47.2 Å². The maximum Gasteiger partial charge on any atom is 0.338 e. The first-order valence-electron chi connectivity index (χ1n) is 8.58. The van der Waals surface area contributed by atoms with E-state index in [1.807, 2.05) is 37.3 Å². The van der Waals surface area contributed by atoms with E-state index in [-0.39, 0.29) is 17.8 Å². The third kappa shape index (κ3) is 3.41. The minimum atomic E-state index is -0.518. The molecule has 1 aromatic rings. The third-order valence-corrected chi connectivity index (χ3v) is 5.70. The first-order chi connectivity index (χ1) is 12.6. The number of allylic oxidation sites excluding steroid dienone is 1. The maximum atomic E-state index is 12.9. The van der Waals surface area contributed by atoms with Gasteiger partial charge in [0.15, 0.2) is 5.17 Å². The molecule has 0 aliphatic carbocycles. The van der Waals surface area contributed by atoms with Gasteiger partial charge in [0.25, 0.3) is 0 Å². The molecule has 0 N–H and O–H groups in total. The Morgan fingerprint density at radius 3 is 2.65 bits per heavy atom. The van der Waals surface area contributed by atoms with Gasteiger partial charge in [0.05, 0.1) is 29.2 Å². The number of esters is 1. The normalized spacial score (nSPS) is 22.3. The van der Waals surface area contributed by atoms with E-state index in [9.17, 15) is 9.59 Å². The summed E-state index contributed by atoms with van der Waals surface area (Å²) in [6, 6.07) is 9.02. The van der Waals surface area contributed by atoms with E-state index >= 15 is 0 Å². The zero-order valence-electron chi connectivity index (χ0n) is 15.1. The summed E-state index contributed by atoms with van der Waals surface area (Å²) in [6.07, 6.45) is 0.715. The van der Waals surface area contributed by atoms with E-state index in [2.05, 4.69) is 4.99 Å². The zero-order chi connectivity index (χ0) is 18.7. The highest BCUT2D eigenvalue weighted by atomic mass is 32.2. The van der Waals surface area contributed by atoms with Gasteiger partial charge in [-0.2, -0.15) is 0 Å². The van der Waals surface area contributed by atoms with Crippen molar-refractivity contribution in [3.8, 4) is 0 Å². The molecule has 1 aromatic carbocycles. The van der Waals surface area contributed by atoms with Crippen molar-refractivity contribution in [1.82, 2.24) is 4.90 Å². The molecule has 1 fully saturated rings. The van der Waals surface area contributed by atoms with Gasteiger partial charge in [-0.25, -0.2) is 9.79 Å². The van der Waals surface area contributed by atoms with Crippen molar-refractivity contribution in [1.29, 1.82) is 0 Å². The summed E-state index contributed by atoms with van der Waals surface area (Å²) >= 11 is 1.46. The van der Waals surface area contributed by atoms with Crippen LogP contribution in [-0.4, -0.2) is 47.5 Å². The van der Waals surface area contributed by atoms with Crippen LogP contribution >= 0.6 is 11.8 Å². The van der Waals surface area contributed by atoms with E-state index in [1.54, 1.807) is 18.9 Å². The van der Waals surface area contributed by atoms with Gasteiger partial charge in [-0.05, 0) is 18.9 Å². The second-order valence-corrected chi connectivity index (χ2v) is 7.23. The van der Waals surface area contributed by atoms with Crippen molar-refractivity contribution >= 4 is 28.8 Å². The molecule has 2 aliphatic heterocycles. The van der Waals surface area contributed by atoms with Gasteiger partial charge in [0.1, 0.15) is 6.61 Å². The zero-order valence-corrected chi connectivity index (χ0v) is 15.9. The number of hydrogen-bond donors (Lipinski definition) is 0. The number of carbonyl (C=O) groups is 2. The van der Waals surface area contributed by atoms with Crippen LogP contribution in [0.3, 0.4) is 0 Å². The predicted octanol–water partition coefficient (Wildman–Crippen LogP) is 2.91. The van der Waals surface area contributed by atoms with E-state index in [4.69, 9.17) is 9.47 Å². The molecule has 7 heteroatoms. The molecule has 2 atom stereocenters. The van der Waals surface area contributed by atoms with Gasteiger partial charge in [0.2, 0.25) is 5.91 Å². The molecular weight excluding hydrogens is 352 g/mol. The van der Waals surface area contributed by atoms with Gasteiger partial charge in [-0.15, -0.1) is 0 Å². The standard InChI is InChI=1S/C19H22N2O4S/c1-4-14-17(22)21-16(13-8-6-5-7-9-13)15(12(2)20-19(21)26-14)18(23)25-11-10-24-3/h5-9,14,16H,4,10-11H2,1-3H3/t14-,16-/m0/s1. The van der Waals surface area contributed by atoms with Crippen molar-refractivity contribution in [3.63, 3.8) is 0 Å². The summed E-state index contributed by atoms with van der Waals surface area (Å²) < 4.78 is 10.3. The quantitative estimate of drug-likeness (QED) is 0.566. The molecule has 0 unspecified atom stereocenters. The fourth-order valence-electron chi connectivity index (χ4n) is 3.10. The SMILES string of the molecule is CC[C@@H]1SC2=NC(C)=C(C(=O)OCCOC)[C@H](c3ccccc3)N2C1=O. The number of nitrogens with zero attached hydrogens (tertiary/aromatic N) is 2. The lowest BCUT2D eigenvalue weighted by Crippen LogP contribution is -2.40. The number of benzene rings is 1. The van der Waals surface area contributed by atoms with Crippen molar-refractivity contribution in [2.24, 2.45) is 4.99 Å². The molecule has 2 heterocycles. The Bertz CT molecular complexity index is 760. The molecular formula is C19H22N2O4S. The average molecular weight is 374 g/mol. The van der Waals surface area contributed by atoms with Crippen LogP contribution in [0.5, 0.6) is 0 Å². The van der Waals surface area contributed by atoms with E-state index < -0.39 is 12.0 Å². The molecule has 3 rings (SSSR count). The van der Waals surface area contributed by atoms with Gasteiger partial charge >= 0.3 is 5.97 Å². The Balaban J connectivity index is 2.02. The van der Waals surface area contributed by atoms with E-state index in [1.165, 1.54) is 11.8 Å². The Kier molecular flexibility index (Phi) is 5.78. The summed E-state index contributed by atoms with van der Waals surface area (Å²) in [4.78, 5) is 31.9. The lowest BCUT2D eigenvalue weighted by molar-refractivity contribution is -0.141. The number of rotatable bonds is 6. The first kappa shape index (κ1) is 18.7. The maximum absolute atomic E-state index is 12.9. The van der Waals surface area contributed by atoms with Crippen LogP contribution in [0.1, 0.15) is 31.9 Å². The van der Waals surface area contributed by atoms with Crippen LogP contribution in [0.15, 0.2) is 46.6 Å². The number of hydrogen-bond acceptors (Lipinski definition) is 6. The van der Waals surface area contributed by atoms with Crippen molar-refractivity contribution in [2.45, 2.75) is 31.6 Å². The lowest BCUT2D eigenvalue weighted by atomic mass is 9.94. The largest absolute Gasteiger partial charge is 0.460 e. The molecule has 26 heavy (non-hydrogen) atoms. The number of fused-ring (bicyclic) bond motifs is 1. The van der Waals surface area contributed by atoms with Gasteiger partial charge in [-0.1, -0.05) is 49.0 Å². The van der Waals surface area contributed by atoms with Crippen LogP contribution in [-0.2, 0) is 19.1 Å². The fraction of sp³-hybridized carbons (Fsp3) is 0.421. The van der Waals surface area contributed by atoms with E-state index in [0.29, 0.717) is 29.5 Å². The number of ether oxygens (including phenoxy) is 2. The predicted molar refractivity (Wildman–Crippen MR) is 101 cm³/mol. The molecule has 1 amide bonds. The van der Waals surface area contributed by atoms with E-state index in [0.717, 1.165) is 5.56 Å². The minimum absolute atomic E-state index is 0.0141. The lowest BCUT2D eigenvalue weighted by Gasteiger charge is -2.33. The second kappa shape index (κ2) is 8.05. The first-order valence-corrected chi connectivity index (χ1v) is 9.46. The molecule has 0 spiro atoms. The number of methoxy groups -OCH3 is 1. The highest BCUT2D eigenvalue weighted by Crippen LogP contribution is 2.43. The molecule has 0 saturated carbocycles. The summed E-state index contributed by atoms with van der Waals surface area (Å²) in [7, 11) is 1.55. The summed E-state index contributed by atoms with van der Waals surface area (Å²) in [5, 5.41) is 0.485. The Morgan fingerprint density at radius 1 is 1.27 bits per heavy atom. The monoisotopic (exact) mass is 374 g/mol. The number of carbonyl (C=O) groups excluding carboxylic acids is 2. The van der Waals surface area contributed by atoms with Gasteiger partial charge < -0.3 is 9.47 Å². The van der Waals surface area contributed by atoms with Crippen LogP contribution in [0.4, 0.5) is 0 Å². The fourth-order valence-corrected chi connectivity index (χ4v) is 4.23. The number of amides is 1. The summed E-state index contributed by atoms with van der Waals surface area (Å²) in [5.41, 5.74) is 1.86. The molecule has 2 aliphatic rings. The van der Waals surface area contributed by atoms with Crippen molar-refractivity contribution in [2.75, 3.05) is 20.3 Å². The molecule has 6 nitrogen and oxygen atoms in total. The van der Waals surface area contributed by atoms with Crippen LogP contribution in [0.25, 0.3) is 0 Å². The van der Waals surface area contributed by atoms with Crippen molar-refractivity contribution < 1.29 is 19.1 Å². The Morgan fingerprint density at radius 2 is 2.00 bits per heavy atom. The molecule has 0 radical (unpaired) electrons. The smallest absolute Gasteiger partial charge is 0.338 e. The molecule has 0 aromatic heterocycles. The topological polar surface area (TPSA) is 68.2 Å². The van der Waals surface area contributed by atoms with Gasteiger partial charge in [0, 0.05) is 7.11 Å². The third-order valence-electron chi connectivity index (χ3n) is 4.38. The highest BCUT2D eigenvalue weighted by Gasteiger charge is 2.47. The van der Waals surface area contributed by atoms with Gasteiger partial charge in [-0.3, -0.25) is 9.69 Å². The van der Waals surface area contributed by atoms with Crippen LogP contribution in [0.2, 0.25) is 0 Å².